The highest BCUT2D eigenvalue weighted by molar-refractivity contribution is 5.94. The summed E-state index contributed by atoms with van der Waals surface area (Å²) in [6.07, 6.45) is 0. The van der Waals surface area contributed by atoms with Crippen molar-refractivity contribution in [2.75, 3.05) is 19.7 Å². The maximum absolute atomic E-state index is 14.0. The molecule has 0 aliphatic rings. The largest absolute Gasteiger partial charge is 0.384 e. The average molecular weight is 288 g/mol. The van der Waals surface area contributed by atoms with E-state index in [1.165, 1.54) is 17.0 Å². The summed E-state index contributed by atoms with van der Waals surface area (Å²) in [5.41, 5.74) is 0.350. The predicted octanol–water partition coefficient (Wildman–Crippen LogP) is 1.79. The van der Waals surface area contributed by atoms with Crippen molar-refractivity contribution in [1.29, 1.82) is 5.26 Å². The van der Waals surface area contributed by atoms with Crippen LogP contribution in [0.4, 0.5) is 4.39 Å². The van der Waals surface area contributed by atoms with Crippen LogP contribution in [0.1, 0.15) is 29.8 Å². The minimum atomic E-state index is -0.659. The van der Waals surface area contributed by atoms with E-state index >= 15 is 0 Å². The highest BCUT2D eigenvalue weighted by Gasteiger charge is 2.19. The molecule has 0 aromatic heterocycles. The second-order valence-electron chi connectivity index (χ2n) is 4.53. The van der Waals surface area contributed by atoms with Crippen LogP contribution in [0.15, 0.2) is 18.2 Å². The minimum absolute atomic E-state index is 0.0449. The van der Waals surface area contributed by atoms with Crippen LogP contribution >= 0.6 is 0 Å². The Kier molecular flexibility index (Phi) is 6.39. The number of benzene rings is 1. The number of amides is 1. The van der Waals surface area contributed by atoms with E-state index in [0.717, 1.165) is 6.07 Å². The topological polar surface area (TPSA) is 64.3 Å². The van der Waals surface area contributed by atoms with Crippen molar-refractivity contribution in [3.8, 4) is 17.9 Å². The summed E-state index contributed by atoms with van der Waals surface area (Å²) in [5.74, 6) is 3.58. The van der Waals surface area contributed by atoms with Crippen LogP contribution in [0, 0.1) is 34.9 Å². The van der Waals surface area contributed by atoms with E-state index in [2.05, 4.69) is 17.9 Å². The summed E-state index contributed by atoms with van der Waals surface area (Å²) in [4.78, 5) is 13.7. The van der Waals surface area contributed by atoms with Crippen molar-refractivity contribution in [3.63, 3.8) is 0 Å². The van der Waals surface area contributed by atoms with Crippen LogP contribution in [0.3, 0.4) is 0 Å². The number of aliphatic hydroxyl groups is 1. The van der Waals surface area contributed by atoms with E-state index in [1.807, 2.05) is 0 Å². The molecule has 0 bridgehead atoms. The second kappa shape index (κ2) is 8.04. The molecular weight excluding hydrogens is 271 g/mol. The van der Waals surface area contributed by atoms with Crippen molar-refractivity contribution in [1.82, 2.24) is 4.90 Å². The molecule has 1 N–H and O–H groups in total. The molecule has 0 radical (unpaired) electrons. The van der Waals surface area contributed by atoms with Gasteiger partial charge in [-0.05, 0) is 32.0 Å². The summed E-state index contributed by atoms with van der Waals surface area (Å²) in [5, 5.41) is 17.4. The normalized spacial score (nSPS) is 11.0. The summed E-state index contributed by atoms with van der Waals surface area (Å²) in [6, 6.07) is 6.12. The fraction of sp³-hybridized carbons (Fsp3) is 0.375. The SMILES string of the molecule is CCN(CC(C)C#N)C(=O)c1ccc(C#CCO)cc1F. The van der Waals surface area contributed by atoms with Gasteiger partial charge in [-0.15, -0.1) is 0 Å². The first kappa shape index (κ1) is 16.7. The van der Waals surface area contributed by atoms with Gasteiger partial charge in [0.2, 0.25) is 0 Å². The number of rotatable bonds is 4. The van der Waals surface area contributed by atoms with Gasteiger partial charge in [-0.1, -0.05) is 11.8 Å². The summed E-state index contributed by atoms with van der Waals surface area (Å²) in [7, 11) is 0. The Labute approximate surface area is 123 Å². The fourth-order valence-electron chi connectivity index (χ4n) is 1.81. The van der Waals surface area contributed by atoms with Gasteiger partial charge in [-0.25, -0.2) is 4.39 Å². The van der Waals surface area contributed by atoms with E-state index < -0.39 is 11.7 Å². The van der Waals surface area contributed by atoms with Crippen LogP contribution in [0.5, 0.6) is 0 Å². The van der Waals surface area contributed by atoms with Gasteiger partial charge in [0.25, 0.3) is 5.91 Å². The van der Waals surface area contributed by atoms with Crippen molar-refractivity contribution in [2.45, 2.75) is 13.8 Å². The van der Waals surface area contributed by atoms with Crippen molar-refractivity contribution >= 4 is 5.91 Å². The Balaban J connectivity index is 2.99. The smallest absolute Gasteiger partial charge is 0.256 e. The van der Waals surface area contributed by atoms with Crippen molar-refractivity contribution in [3.05, 3.63) is 35.1 Å². The Hall–Kier alpha value is -2.37. The Bertz CT molecular complexity index is 611. The quantitative estimate of drug-likeness (QED) is 0.859. The third-order valence-electron chi connectivity index (χ3n) is 2.89. The first-order chi connectivity index (χ1) is 10.0. The van der Waals surface area contributed by atoms with E-state index in [9.17, 15) is 9.18 Å². The first-order valence-corrected chi connectivity index (χ1v) is 6.61. The number of hydrogen-bond donors (Lipinski definition) is 1. The Morgan fingerprint density at radius 2 is 2.24 bits per heavy atom. The summed E-state index contributed by atoms with van der Waals surface area (Å²) >= 11 is 0. The summed E-state index contributed by atoms with van der Waals surface area (Å²) in [6.45, 7) is 3.84. The monoisotopic (exact) mass is 288 g/mol. The van der Waals surface area contributed by atoms with Gasteiger partial charge in [0, 0.05) is 18.7 Å². The maximum Gasteiger partial charge on any atom is 0.256 e. The molecule has 1 unspecified atom stereocenters. The lowest BCUT2D eigenvalue weighted by molar-refractivity contribution is 0.0748. The molecule has 110 valence electrons. The molecule has 1 amide bonds. The van der Waals surface area contributed by atoms with Crippen LogP contribution in [-0.2, 0) is 0 Å². The van der Waals surface area contributed by atoms with E-state index in [0.29, 0.717) is 12.1 Å². The molecular formula is C16H17FN2O2. The lowest BCUT2D eigenvalue weighted by Gasteiger charge is -2.22. The van der Waals surface area contributed by atoms with Gasteiger partial charge in [0.05, 0.1) is 17.6 Å². The molecule has 0 aliphatic carbocycles. The van der Waals surface area contributed by atoms with Gasteiger partial charge in [0.1, 0.15) is 12.4 Å². The van der Waals surface area contributed by atoms with E-state index in [1.54, 1.807) is 13.8 Å². The first-order valence-electron chi connectivity index (χ1n) is 6.61. The molecule has 1 atom stereocenters. The predicted molar refractivity (Wildman–Crippen MR) is 76.7 cm³/mol. The molecule has 1 rings (SSSR count). The number of nitriles is 1. The molecule has 1 aromatic carbocycles. The number of aliphatic hydroxyl groups excluding tert-OH is 1. The van der Waals surface area contributed by atoms with Gasteiger partial charge >= 0.3 is 0 Å². The lowest BCUT2D eigenvalue weighted by atomic mass is 10.1. The molecule has 0 spiro atoms. The van der Waals surface area contributed by atoms with Crippen LogP contribution in [-0.4, -0.2) is 35.6 Å². The number of halogens is 1. The van der Waals surface area contributed by atoms with Gasteiger partial charge in [0.15, 0.2) is 0 Å². The lowest BCUT2D eigenvalue weighted by Crippen LogP contribution is -2.34. The zero-order chi connectivity index (χ0) is 15.8. The third kappa shape index (κ3) is 4.59. The van der Waals surface area contributed by atoms with Gasteiger partial charge in [-0.2, -0.15) is 5.26 Å². The second-order valence-corrected chi connectivity index (χ2v) is 4.53. The standard InChI is InChI=1S/C16H17FN2O2/c1-3-19(11-12(2)10-18)16(21)14-7-6-13(5-4-8-20)9-15(14)17/h6-7,9,12,20H,3,8,11H2,1-2H3. The average Bonchev–Trinajstić information content (AvgIpc) is 2.49. The van der Waals surface area contributed by atoms with Gasteiger partial charge < -0.3 is 10.0 Å². The number of hydrogen-bond acceptors (Lipinski definition) is 3. The zero-order valence-electron chi connectivity index (χ0n) is 12.1. The molecule has 5 heteroatoms. The highest BCUT2D eigenvalue weighted by Crippen LogP contribution is 2.14. The van der Waals surface area contributed by atoms with E-state index in [-0.39, 0.29) is 24.6 Å². The molecule has 0 saturated heterocycles. The number of carbonyl (C=O) groups is 1. The van der Waals surface area contributed by atoms with Crippen LogP contribution < -0.4 is 0 Å². The zero-order valence-corrected chi connectivity index (χ0v) is 12.1. The Morgan fingerprint density at radius 1 is 1.52 bits per heavy atom. The van der Waals surface area contributed by atoms with Gasteiger partial charge in [-0.3, -0.25) is 4.79 Å². The minimum Gasteiger partial charge on any atom is -0.384 e. The molecule has 0 aliphatic heterocycles. The molecule has 21 heavy (non-hydrogen) atoms. The highest BCUT2D eigenvalue weighted by atomic mass is 19.1. The van der Waals surface area contributed by atoms with Crippen LogP contribution in [0.2, 0.25) is 0 Å². The summed E-state index contributed by atoms with van der Waals surface area (Å²) < 4.78 is 14.0. The molecule has 0 fully saturated rings. The maximum atomic E-state index is 14.0. The molecule has 1 aromatic rings. The third-order valence-corrected chi connectivity index (χ3v) is 2.89. The number of nitrogens with zero attached hydrogens (tertiary/aromatic N) is 2. The molecule has 0 heterocycles. The number of carbonyl (C=O) groups excluding carboxylic acids is 1. The molecule has 0 saturated carbocycles. The van der Waals surface area contributed by atoms with Crippen molar-refractivity contribution in [2.24, 2.45) is 5.92 Å². The Morgan fingerprint density at radius 3 is 2.76 bits per heavy atom. The van der Waals surface area contributed by atoms with E-state index in [4.69, 9.17) is 10.4 Å². The van der Waals surface area contributed by atoms with Crippen LogP contribution in [0.25, 0.3) is 0 Å². The van der Waals surface area contributed by atoms with Crippen molar-refractivity contribution < 1.29 is 14.3 Å². The molecule has 4 nitrogen and oxygen atoms in total. The fourth-order valence-corrected chi connectivity index (χ4v) is 1.81.